The highest BCUT2D eigenvalue weighted by molar-refractivity contribution is 5.94. The van der Waals surface area contributed by atoms with E-state index in [0.29, 0.717) is 26.1 Å². The molecule has 0 N–H and O–H groups in total. The molecule has 2 atom stereocenters. The van der Waals surface area contributed by atoms with E-state index in [4.69, 9.17) is 9.47 Å². The number of unbranched alkanes of at least 4 members (excludes halogenated alkanes) is 1. The first-order valence-electron chi connectivity index (χ1n) is 11.0. The van der Waals surface area contributed by atoms with Gasteiger partial charge in [-0.05, 0) is 36.8 Å². The third kappa shape index (κ3) is 7.07. The molecule has 1 fully saturated rings. The van der Waals surface area contributed by atoms with E-state index in [1.165, 1.54) is 10.5 Å². The Morgan fingerprint density at radius 1 is 1.10 bits per heavy atom. The lowest BCUT2D eigenvalue weighted by molar-refractivity contribution is -0.132. The number of ether oxygens (including phenoxy) is 2. The zero-order chi connectivity index (χ0) is 21.9. The first-order chi connectivity index (χ1) is 15.1. The molecule has 2 aromatic rings. The summed E-state index contributed by atoms with van der Waals surface area (Å²) in [5.41, 5.74) is 2.27. The van der Waals surface area contributed by atoms with Crippen molar-refractivity contribution in [2.75, 3.05) is 13.2 Å². The van der Waals surface area contributed by atoms with Gasteiger partial charge in [-0.3, -0.25) is 4.79 Å². The Morgan fingerprint density at radius 3 is 2.48 bits per heavy atom. The van der Waals surface area contributed by atoms with Gasteiger partial charge in [0.05, 0.1) is 12.6 Å². The highest BCUT2D eigenvalue weighted by Crippen LogP contribution is 2.21. The Bertz CT molecular complexity index is 850. The van der Waals surface area contributed by atoms with Crippen LogP contribution in [0.3, 0.4) is 0 Å². The maximum Gasteiger partial charge on any atom is 0.416 e. The summed E-state index contributed by atoms with van der Waals surface area (Å²) < 4.78 is 10.8. The number of hydrogen-bond donors (Lipinski definition) is 0. The zero-order valence-corrected chi connectivity index (χ0v) is 18.1. The van der Waals surface area contributed by atoms with E-state index < -0.39 is 6.09 Å². The summed E-state index contributed by atoms with van der Waals surface area (Å²) in [6.45, 7) is 3.45. The van der Waals surface area contributed by atoms with Gasteiger partial charge in [0.2, 0.25) is 5.91 Å². The molecule has 164 valence electrons. The third-order valence-electron chi connectivity index (χ3n) is 5.36. The normalized spacial score (nSPS) is 17.1. The van der Waals surface area contributed by atoms with Crippen molar-refractivity contribution in [3.05, 3.63) is 83.9 Å². The maximum atomic E-state index is 12.9. The summed E-state index contributed by atoms with van der Waals surface area (Å²) in [5, 5.41) is 0. The van der Waals surface area contributed by atoms with Crippen LogP contribution >= 0.6 is 0 Å². The fourth-order valence-corrected chi connectivity index (χ4v) is 3.59. The predicted octanol–water partition coefficient (Wildman–Crippen LogP) is 5.16. The minimum absolute atomic E-state index is 0.167. The summed E-state index contributed by atoms with van der Waals surface area (Å²) in [4.78, 5) is 26.3. The predicted molar refractivity (Wildman–Crippen MR) is 120 cm³/mol. The minimum Gasteiger partial charge on any atom is -0.447 e. The van der Waals surface area contributed by atoms with Gasteiger partial charge in [0, 0.05) is 12.5 Å². The van der Waals surface area contributed by atoms with Crippen LogP contribution in [-0.4, -0.2) is 36.2 Å². The van der Waals surface area contributed by atoms with E-state index in [1.807, 2.05) is 61.5 Å². The molecular formula is C26H31NO4. The molecule has 0 aromatic heterocycles. The lowest BCUT2D eigenvalue weighted by Crippen LogP contribution is -2.42. The second-order valence-electron chi connectivity index (χ2n) is 7.92. The van der Waals surface area contributed by atoms with Crippen LogP contribution in [0.25, 0.3) is 0 Å². The largest absolute Gasteiger partial charge is 0.447 e. The second kappa shape index (κ2) is 12.1. The van der Waals surface area contributed by atoms with Gasteiger partial charge in [-0.15, -0.1) is 0 Å². The number of benzene rings is 2. The van der Waals surface area contributed by atoms with Crippen LogP contribution in [0.2, 0.25) is 0 Å². The molecule has 1 heterocycles. The quantitative estimate of drug-likeness (QED) is 0.372. The molecule has 0 unspecified atom stereocenters. The van der Waals surface area contributed by atoms with E-state index in [0.717, 1.165) is 18.4 Å². The Labute approximate surface area is 184 Å². The highest BCUT2D eigenvalue weighted by Gasteiger charge is 2.39. The van der Waals surface area contributed by atoms with E-state index in [9.17, 15) is 9.59 Å². The maximum absolute atomic E-state index is 12.9. The Hall–Kier alpha value is -2.92. The summed E-state index contributed by atoms with van der Waals surface area (Å²) in [5.74, 6) is -0.436. The van der Waals surface area contributed by atoms with Crippen LogP contribution in [0.4, 0.5) is 4.79 Å². The molecular weight excluding hydrogens is 390 g/mol. The molecule has 2 aromatic carbocycles. The number of amides is 2. The van der Waals surface area contributed by atoms with Crippen molar-refractivity contribution in [1.29, 1.82) is 0 Å². The molecule has 1 aliphatic rings. The van der Waals surface area contributed by atoms with Crippen LogP contribution in [0.1, 0.15) is 37.3 Å². The van der Waals surface area contributed by atoms with Crippen molar-refractivity contribution in [2.24, 2.45) is 5.92 Å². The van der Waals surface area contributed by atoms with Gasteiger partial charge in [-0.2, -0.15) is 0 Å². The fraction of sp³-hybridized carbons (Fsp3) is 0.385. The van der Waals surface area contributed by atoms with Crippen molar-refractivity contribution in [1.82, 2.24) is 4.90 Å². The van der Waals surface area contributed by atoms with Crippen LogP contribution in [0.15, 0.2) is 72.8 Å². The fourth-order valence-electron chi connectivity index (χ4n) is 3.59. The summed E-state index contributed by atoms with van der Waals surface area (Å²) in [6, 6.07) is 19.8. The molecule has 1 saturated heterocycles. The summed E-state index contributed by atoms with van der Waals surface area (Å²) >= 11 is 0. The van der Waals surface area contributed by atoms with Gasteiger partial charge in [-0.1, -0.05) is 79.7 Å². The number of cyclic esters (lactones) is 1. The van der Waals surface area contributed by atoms with Crippen molar-refractivity contribution >= 4 is 12.0 Å². The molecule has 0 spiro atoms. The van der Waals surface area contributed by atoms with E-state index >= 15 is 0 Å². The molecule has 5 nitrogen and oxygen atoms in total. The van der Waals surface area contributed by atoms with Gasteiger partial charge < -0.3 is 9.47 Å². The zero-order valence-electron chi connectivity index (χ0n) is 18.1. The Kier molecular flexibility index (Phi) is 8.85. The Balaban J connectivity index is 1.37. The molecule has 0 radical (unpaired) electrons. The summed E-state index contributed by atoms with van der Waals surface area (Å²) in [6.07, 6.45) is 6.63. The molecule has 0 aliphatic carbocycles. The average molecular weight is 422 g/mol. The number of carbonyl (C=O) groups excluding carboxylic acids is 2. The van der Waals surface area contributed by atoms with Crippen molar-refractivity contribution in [2.45, 2.75) is 45.3 Å². The Morgan fingerprint density at radius 2 is 1.77 bits per heavy atom. The van der Waals surface area contributed by atoms with Crippen LogP contribution in [-0.2, 0) is 27.3 Å². The van der Waals surface area contributed by atoms with Crippen molar-refractivity contribution < 1.29 is 19.1 Å². The number of imide groups is 1. The van der Waals surface area contributed by atoms with Gasteiger partial charge in [0.1, 0.15) is 6.61 Å². The molecule has 31 heavy (non-hydrogen) atoms. The molecule has 3 rings (SSSR count). The van der Waals surface area contributed by atoms with Crippen LogP contribution in [0.5, 0.6) is 0 Å². The van der Waals surface area contributed by atoms with Crippen LogP contribution in [0, 0.1) is 5.92 Å². The van der Waals surface area contributed by atoms with E-state index in [-0.39, 0.29) is 24.5 Å². The molecule has 2 amide bonds. The lowest BCUT2D eigenvalue weighted by atomic mass is 10.0. The first kappa shape index (κ1) is 22.8. The van der Waals surface area contributed by atoms with Gasteiger partial charge in [-0.25, -0.2) is 9.69 Å². The number of nitrogens with zero attached hydrogens (tertiary/aromatic N) is 1. The van der Waals surface area contributed by atoms with E-state index in [2.05, 4.69) is 18.2 Å². The molecule has 5 heteroatoms. The smallest absolute Gasteiger partial charge is 0.416 e. The SMILES string of the molecule is C[C@@H](C/C=C/CCCOCc1ccccc1)C(=O)N1C(=O)OC[C@@H]1Cc1ccccc1. The standard InChI is InChI=1S/C26H31NO4/c1-21(12-6-2-3-11-17-30-19-23-15-9-5-10-16-23)25(28)27-24(20-31-26(27)29)18-22-13-7-4-8-14-22/h2,4-10,13-16,21,24H,3,11-12,17-20H2,1H3/b6-2+/t21-,24-/m0/s1. The van der Waals surface area contributed by atoms with Gasteiger partial charge in [0.15, 0.2) is 0 Å². The number of rotatable bonds is 11. The highest BCUT2D eigenvalue weighted by atomic mass is 16.6. The number of hydrogen-bond acceptors (Lipinski definition) is 4. The second-order valence-corrected chi connectivity index (χ2v) is 7.92. The molecule has 0 bridgehead atoms. The van der Waals surface area contributed by atoms with E-state index in [1.54, 1.807) is 0 Å². The monoisotopic (exact) mass is 421 g/mol. The minimum atomic E-state index is -0.530. The van der Waals surface area contributed by atoms with Gasteiger partial charge in [0.25, 0.3) is 0 Å². The number of allylic oxidation sites excluding steroid dienone is 2. The van der Waals surface area contributed by atoms with Crippen molar-refractivity contribution in [3.8, 4) is 0 Å². The lowest BCUT2D eigenvalue weighted by Gasteiger charge is -2.22. The first-order valence-corrected chi connectivity index (χ1v) is 11.0. The average Bonchev–Trinajstić information content (AvgIpc) is 3.16. The topological polar surface area (TPSA) is 55.8 Å². The molecule has 1 aliphatic heterocycles. The summed E-state index contributed by atoms with van der Waals surface area (Å²) in [7, 11) is 0. The van der Waals surface area contributed by atoms with Crippen LogP contribution < -0.4 is 0 Å². The van der Waals surface area contributed by atoms with Gasteiger partial charge >= 0.3 is 6.09 Å². The molecule has 0 saturated carbocycles. The van der Waals surface area contributed by atoms with Crippen molar-refractivity contribution in [3.63, 3.8) is 0 Å². The number of carbonyl (C=O) groups is 2. The third-order valence-corrected chi connectivity index (χ3v) is 5.36.